The molecule has 0 radical (unpaired) electrons. The zero-order valence-electron chi connectivity index (χ0n) is 9.83. The highest BCUT2D eigenvalue weighted by Crippen LogP contribution is 2.01. The minimum atomic E-state index is -0.341. The van der Waals surface area contributed by atoms with E-state index in [1.807, 2.05) is 44.2 Å². The molecule has 2 nitrogen and oxygen atoms in total. The largest absolute Gasteiger partial charge is 0.312 e. The van der Waals surface area contributed by atoms with Crippen LogP contribution < -0.4 is 11.5 Å². The third kappa shape index (κ3) is 9.23. The number of hydrogen-bond donors (Lipinski definition) is 2. The summed E-state index contributed by atoms with van der Waals surface area (Å²) in [6.07, 6.45) is 0.909. The summed E-state index contributed by atoms with van der Waals surface area (Å²) in [6.45, 7) is 8.25. The molecule has 4 N–H and O–H groups in total. The summed E-state index contributed by atoms with van der Waals surface area (Å²) >= 11 is 0. The van der Waals surface area contributed by atoms with Crippen LogP contribution in [0.1, 0.15) is 45.8 Å². The molecule has 2 heteroatoms. The Kier molecular flexibility index (Phi) is 13.5. The lowest BCUT2D eigenvalue weighted by atomic mass is 10.2. The van der Waals surface area contributed by atoms with Crippen LogP contribution in [-0.4, -0.2) is 0 Å². The van der Waals surface area contributed by atoms with Crippen molar-refractivity contribution in [2.45, 2.75) is 40.3 Å². The SMILES string of the molecule is CC.CCC.NC(N)c1ccccc1. The Labute approximate surface area is 88.3 Å². The summed E-state index contributed by atoms with van der Waals surface area (Å²) in [5, 5.41) is 0. The van der Waals surface area contributed by atoms with E-state index in [1.54, 1.807) is 0 Å². The number of nitrogens with two attached hydrogens (primary N) is 2. The van der Waals surface area contributed by atoms with Crippen LogP contribution in [0.25, 0.3) is 0 Å². The van der Waals surface area contributed by atoms with E-state index in [2.05, 4.69) is 13.8 Å². The lowest BCUT2D eigenvalue weighted by Crippen LogP contribution is -2.19. The molecule has 82 valence electrons. The zero-order valence-corrected chi connectivity index (χ0v) is 9.83. The average Bonchev–Trinajstić information content (AvgIpc) is 2.23. The maximum atomic E-state index is 5.39. The molecule has 1 aromatic carbocycles. The molecule has 0 aliphatic heterocycles. The summed E-state index contributed by atoms with van der Waals surface area (Å²) in [5.74, 6) is 0. The van der Waals surface area contributed by atoms with Crippen LogP contribution in [0.4, 0.5) is 0 Å². The molecule has 0 heterocycles. The molecule has 1 aromatic rings. The highest BCUT2D eigenvalue weighted by molar-refractivity contribution is 5.16. The van der Waals surface area contributed by atoms with E-state index in [1.165, 1.54) is 6.42 Å². The molecule has 0 amide bonds. The molecule has 0 aliphatic carbocycles. The predicted octanol–water partition coefficient (Wildman–Crippen LogP) is 3.05. The number of rotatable bonds is 1. The minimum Gasteiger partial charge on any atom is -0.312 e. The van der Waals surface area contributed by atoms with Crippen molar-refractivity contribution in [2.24, 2.45) is 11.5 Å². The van der Waals surface area contributed by atoms with Crippen molar-refractivity contribution in [3.63, 3.8) is 0 Å². The molecule has 0 atom stereocenters. The highest BCUT2D eigenvalue weighted by Gasteiger charge is 1.93. The van der Waals surface area contributed by atoms with Gasteiger partial charge in [0.05, 0.1) is 6.17 Å². The quantitative estimate of drug-likeness (QED) is 0.678. The Morgan fingerprint density at radius 2 is 1.36 bits per heavy atom. The van der Waals surface area contributed by atoms with Gasteiger partial charge in [-0.3, -0.25) is 0 Å². The summed E-state index contributed by atoms with van der Waals surface area (Å²) in [4.78, 5) is 0. The Hall–Kier alpha value is -0.860. The van der Waals surface area contributed by atoms with Crippen LogP contribution in [0.5, 0.6) is 0 Å². The molecular formula is C12H24N2. The van der Waals surface area contributed by atoms with Gasteiger partial charge in [-0.15, -0.1) is 0 Å². The molecule has 1 rings (SSSR count). The first-order valence-corrected chi connectivity index (χ1v) is 5.28. The van der Waals surface area contributed by atoms with Gasteiger partial charge < -0.3 is 11.5 Å². The van der Waals surface area contributed by atoms with Gasteiger partial charge in [0.15, 0.2) is 0 Å². The first kappa shape index (κ1) is 15.6. The van der Waals surface area contributed by atoms with Gasteiger partial charge in [-0.25, -0.2) is 0 Å². The minimum absolute atomic E-state index is 0.341. The van der Waals surface area contributed by atoms with Gasteiger partial charge in [0.2, 0.25) is 0 Å². The highest BCUT2D eigenvalue weighted by atomic mass is 14.8. The second kappa shape index (κ2) is 12.1. The van der Waals surface area contributed by atoms with Crippen LogP contribution in [-0.2, 0) is 0 Å². The Bertz CT molecular complexity index is 183. The first-order chi connectivity index (χ1) is 6.72. The summed E-state index contributed by atoms with van der Waals surface area (Å²) < 4.78 is 0. The third-order valence-corrected chi connectivity index (χ3v) is 1.18. The van der Waals surface area contributed by atoms with Crippen molar-refractivity contribution in [2.75, 3.05) is 0 Å². The molecular weight excluding hydrogens is 172 g/mol. The van der Waals surface area contributed by atoms with E-state index < -0.39 is 0 Å². The topological polar surface area (TPSA) is 52.0 Å². The van der Waals surface area contributed by atoms with Gasteiger partial charge in [-0.2, -0.15) is 0 Å². The Morgan fingerprint density at radius 3 is 1.57 bits per heavy atom. The van der Waals surface area contributed by atoms with Gasteiger partial charge >= 0.3 is 0 Å². The first-order valence-electron chi connectivity index (χ1n) is 5.28. The van der Waals surface area contributed by atoms with Gasteiger partial charge in [0.25, 0.3) is 0 Å². The smallest absolute Gasteiger partial charge is 0.0784 e. The second-order valence-electron chi connectivity index (χ2n) is 2.64. The van der Waals surface area contributed by atoms with Gasteiger partial charge in [-0.1, -0.05) is 64.4 Å². The third-order valence-electron chi connectivity index (χ3n) is 1.18. The van der Waals surface area contributed by atoms with Crippen molar-refractivity contribution in [1.82, 2.24) is 0 Å². The molecule has 0 unspecified atom stereocenters. The maximum absolute atomic E-state index is 5.39. The normalized spacial score (nSPS) is 8.21. The lowest BCUT2D eigenvalue weighted by Gasteiger charge is -2.02. The fourth-order valence-corrected chi connectivity index (χ4v) is 0.675. The van der Waals surface area contributed by atoms with Crippen molar-refractivity contribution < 1.29 is 0 Å². The van der Waals surface area contributed by atoms with E-state index in [4.69, 9.17) is 11.5 Å². The van der Waals surface area contributed by atoms with Crippen molar-refractivity contribution in [3.8, 4) is 0 Å². The Morgan fingerprint density at radius 1 is 1.00 bits per heavy atom. The van der Waals surface area contributed by atoms with Crippen LogP contribution in [0.2, 0.25) is 0 Å². The van der Waals surface area contributed by atoms with Crippen molar-refractivity contribution in [1.29, 1.82) is 0 Å². The molecule has 0 spiro atoms. The van der Waals surface area contributed by atoms with Crippen LogP contribution in [0, 0.1) is 0 Å². The Balaban J connectivity index is 0. The molecule has 0 aromatic heterocycles. The van der Waals surface area contributed by atoms with Crippen LogP contribution >= 0.6 is 0 Å². The van der Waals surface area contributed by atoms with Gasteiger partial charge in [0, 0.05) is 0 Å². The summed E-state index contributed by atoms with van der Waals surface area (Å²) in [7, 11) is 0. The fourth-order valence-electron chi connectivity index (χ4n) is 0.675. The fraction of sp³-hybridized carbons (Fsp3) is 0.500. The average molecular weight is 196 g/mol. The second-order valence-corrected chi connectivity index (χ2v) is 2.64. The number of hydrogen-bond acceptors (Lipinski definition) is 2. The number of benzene rings is 1. The van der Waals surface area contributed by atoms with Gasteiger partial charge in [-0.05, 0) is 5.56 Å². The van der Waals surface area contributed by atoms with Crippen LogP contribution in [0.15, 0.2) is 30.3 Å². The molecule has 0 saturated heterocycles. The van der Waals surface area contributed by atoms with E-state index in [0.29, 0.717) is 0 Å². The molecule has 14 heavy (non-hydrogen) atoms. The standard InChI is InChI=1S/C7H10N2.C3H8.C2H6/c8-7(9)6-4-2-1-3-5-6;1-3-2;1-2/h1-5,7H,8-9H2;3H2,1-2H3;1-2H3. The lowest BCUT2D eigenvalue weighted by molar-refractivity contribution is 0.774. The molecule has 0 bridgehead atoms. The maximum Gasteiger partial charge on any atom is 0.0784 e. The van der Waals surface area contributed by atoms with Crippen LogP contribution in [0.3, 0.4) is 0 Å². The van der Waals surface area contributed by atoms with E-state index >= 15 is 0 Å². The van der Waals surface area contributed by atoms with Crippen molar-refractivity contribution >= 4 is 0 Å². The molecule has 0 saturated carbocycles. The van der Waals surface area contributed by atoms with E-state index in [-0.39, 0.29) is 6.17 Å². The van der Waals surface area contributed by atoms with Crippen molar-refractivity contribution in [3.05, 3.63) is 35.9 Å². The van der Waals surface area contributed by atoms with E-state index in [9.17, 15) is 0 Å². The van der Waals surface area contributed by atoms with E-state index in [0.717, 1.165) is 5.56 Å². The predicted molar refractivity (Wildman–Crippen MR) is 64.9 cm³/mol. The zero-order chi connectivity index (χ0) is 11.4. The summed E-state index contributed by atoms with van der Waals surface area (Å²) in [6, 6.07) is 9.59. The molecule has 0 fully saturated rings. The molecule has 0 aliphatic rings. The van der Waals surface area contributed by atoms with Gasteiger partial charge in [0.1, 0.15) is 0 Å². The monoisotopic (exact) mass is 196 g/mol. The summed E-state index contributed by atoms with van der Waals surface area (Å²) in [5.41, 5.74) is 11.8.